The zero-order valence-corrected chi connectivity index (χ0v) is 11.6. The molecule has 0 saturated heterocycles. The van der Waals surface area contributed by atoms with Crippen LogP contribution in [0.2, 0.25) is 0 Å². The van der Waals surface area contributed by atoms with E-state index < -0.39 is 10.1 Å². The quantitative estimate of drug-likeness (QED) is 0.719. The van der Waals surface area contributed by atoms with Gasteiger partial charge in [-0.3, -0.25) is 4.18 Å². The van der Waals surface area contributed by atoms with Crippen molar-refractivity contribution in [2.45, 2.75) is 52.2 Å². The normalized spacial score (nSPS) is 31.9. The Balaban J connectivity index is 2.87. The topological polar surface area (TPSA) is 43.4 Å². The molecule has 3 unspecified atom stereocenters. The van der Waals surface area contributed by atoms with Gasteiger partial charge in [0.25, 0.3) is 10.1 Å². The molecule has 1 fully saturated rings. The third-order valence-corrected chi connectivity index (χ3v) is 5.46. The molecule has 0 aromatic carbocycles. The zero-order valence-electron chi connectivity index (χ0n) is 10.8. The molecule has 16 heavy (non-hydrogen) atoms. The van der Waals surface area contributed by atoms with E-state index >= 15 is 0 Å². The largest absolute Gasteiger partial charge is 0.270 e. The summed E-state index contributed by atoms with van der Waals surface area (Å²) in [5, 5.41) is -0.295. The summed E-state index contributed by atoms with van der Waals surface area (Å²) in [6.45, 7) is 8.32. The Morgan fingerprint density at radius 2 is 1.94 bits per heavy atom. The highest BCUT2D eigenvalue weighted by atomic mass is 32.2. The lowest BCUT2D eigenvalue weighted by atomic mass is 9.77. The van der Waals surface area contributed by atoms with E-state index in [2.05, 4.69) is 20.8 Å². The maximum atomic E-state index is 12.0. The van der Waals surface area contributed by atoms with Crippen molar-refractivity contribution in [2.24, 2.45) is 17.8 Å². The fourth-order valence-corrected chi connectivity index (χ4v) is 4.64. The summed E-state index contributed by atoms with van der Waals surface area (Å²) in [7, 11) is -3.36. The standard InChI is InChI=1S/C12H24O3S/c1-5-15-16(13,14)12-8-10(4)6-7-11(12)9(2)3/h9-12H,5-8H2,1-4H3. The number of rotatable bonds is 4. The minimum atomic E-state index is -3.36. The molecule has 1 rings (SSSR count). The Morgan fingerprint density at radius 3 is 2.44 bits per heavy atom. The summed E-state index contributed by atoms with van der Waals surface area (Å²) in [5.74, 6) is 1.16. The highest BCUT2D eigenvalue weighted by Gasteiger charge is 2.39. The third-order valence-electron chi connectivity index (χ3n) is 3.61. The van der Waals surface area contributed by atoms with Gasteiger partial charge < -0.3 is 0 Å². The van der Waals surface area contributed by atoms with E-state index in [1.165, 1.54) is 0 Å². The summed E-state index contributed by atoms with van der Waals surface area (Å²) in [6, 6.07) is 0. The van der Waals surface area contributed by atoms with Crippen molar-refractivity contribution in [1.29, 1.82) is 0 Å². The van der Waals surface area contributed by atoms with Crippen LogP contribution in [0.25, 0.3) is 0 Å². The maximum absolute atomic E-state index is 12.0. The molecule has 0 bridgehead atoms. The highest BCUT2D eigenvalue weighted by Crippen LogP contribution is 2.37. The number of hydrogen-bond acceptors (Lipinski definition) is 3. The summed E-state index contributed by atoms with van der Waals surface area (Å²) in [5.41, 5.74) is 0. The molecule has 0 aromatic rings. The van der Waals surface area contributed by atoms with E-state index in [0.29, 0.717) is 11.8 Å². The molecule has 1 saturated carbocycles. The molecule has 1 aliphatic carbocycles. The van der Waals surface area contributed by atoms with Crippen molar-refractivity contribution in [1.82, 2.24) is 0 Å². The molecule has 0 radical (unpaired) electrons. The highest BCUT2D eigenvalue weighted by molar-refractivity contribution is 7.87. The molecular formula is C12H24O3S. The Hall–Kier alpha value is -0.0900. The minimum Gasteiger partial charge on any atom is -0.270 e. The molecule has 0 amide bonds. The van der Waals surface area contributed by atoms with Gasteiger partial charge >= 0.3 is 0 Å². The minimum absolute atomic E-state index is 0.248. The van der Waals surface area contributed by atoms with Gasteiger partial charge in [-0.2, -0.15) is 8.42 Å². The van der Waals surface area contributed by atoms with Gasteiger partial charge in [0.1, 0.15) is 0 Å². The van der Waals surface area contributed by atoms with Crippen molar-refractivity contribution in [3.05, 3.63) is 0 Å². The van der Waals surface area contributed by atoms with Gasteiger partial charge in [-0.15, -0.1) is 0 Å². The van der Waals surface area contributed by atoms with Crippen LogP contribution in [-0.2, 0) is 14.3 Å². The van der Waals surface area contributed by atoms with Crippen LogP contribution in [0.3, 0.4) is 0 Å². The van der Waals surface area contributed by atoms with E-state index in [-0.39, 0.29) is 17.8 Å². The smallest absolute Gasteiger partial charge is 0.270 e. The van der Waals surface area contributed by atoms with E-state index in [9.17, 15) is 8.42 Å². The fraction of sp³-hybridized carbons (Fsp3) is 1.00. The van der Waals surface area contributed by atoms with Crippen molar-refractivity contribution in [3.63, 3.8) is 0 Å². The first-order valence-electron chi connectivity index (χ1n) is 6.26. The van der Waals surface area contributed by atoms with Crippen LogP contribution >= 0.6 is 0 Å². The van der Waals surface area contributed by atoms with Crippen LogP contribution < -0.4 is 0 Å². The lowest BCUT2D eigenvalue weighted by molar-refractivity contribution is 0.218. The van der Waals surface area contributed by atoms with Gasteiger partial charge in [0.15, 0.2) is 0 Å². The van der Waals surface area contributed by atoms with Gasteiger partial charge in [0.2, 0.25) is 0 Å². The molecule has 0 heterocycles. The molecule has 96 valence electrons. The first kappa shape index (κ1) is 14.0. The van der Waals surface area contributed by atoms with Crippen molar-refractivity contribution >= 4 is 10.1 Å². The predicted octanol–water partition coefficient (Wildman–Crippen LogP) is 2.81. The summed E-state index contributed by atoms with van der Waals surface area (Å²) in [6.07, 6.45) is 2.90. The second-order valence-electron chi connectivity index (χ2n) is 5.26. The molecule has 3 atom stereocenters. The van der Waals surface area contributed by atoms with E-state index in [4.69, 9.17) is 4.18 Å². The van der Waals surface area contributed by atoms with Gasteiger partial charge in [-0.25, -0.2) is 0 Å². The van der Waals surface area contributed by atoms with Gasteiger partial charge in [0.05, 0.1) is 11.9 Å². The van der Waals surface area contributed by atoms with Crippen LogP contribution in [0, 0.1) is 17.8 Å². The van der Waals surface area contributed by atoms with E-state index in [1.807, 2.05) is 0 Å². The second kappa shape index (κ2) is 5.50. The molecule has 0 N–H and O–H groups in total. The Bertz CT molecular complexity index is 308. The van der Waals surface area contributed by atoms with Gasteiger partial charge in [-0.1, -0.05) is 27.2 Å². The van der Waals surface area contributed by atoms with Crippen molar-refractivity contribution < 1.29 is 12.6 Å². The summed E-state index contributed by atoms with van der Waals surface area (Å²) >= 11 is 0. The van der Waals surface area contributed by atoms with E-state index in [1.54, 1.807) is 6.92 Å². The van der Waals surface area contributed by atoms with Crippen molar-refractivity contribution in [2.75, 3.05) is 6.61 Å². The lowest BCUT2D eigenvalue weighted by Crippen LogP contribution is -2.39. The number of hydrogen-bond donors (Lipinski definition) is 0. The molecule has 0 aliphatic heterocycles. The molecule has 1 aliphatic rings. The molecule has 4 heteroatoms. The Morgan fingerprint density at radius 1 is 1.31 bits per heavy atom. The van der Waals surface area contributed by atoms with Gasteiger partial charge in [0, 0.05) is 0 Å². The third kappa shape index (κ3) is 3.20. The van der Waals surface area contributed by atoms with E-state index in [0.717, 1.165) is 19.3 Å². The molecule has 0 aromatic heterocycles. The average molecular weight is 248 g/mol. The van der Waals surface area contributed by atoms with Crippen LogP contribution in [0.1, 0.15) is 47.0 Å². The molecule has 0 spiro atoms. The van der Waals surface area contributed by atoms with Crippen LogP contribution in [0.5, 0.6) is 0 Å². The van der Waals surface area contributed by atoms with Crippen LogP contribution in [0.15, 0.2) is 0 Å². The van der Waals surface area contributed by atoms with Crippen LogP contribution in [-0.4, -0.2) is 20.3 Å². The molecular weight excluding hydrogens is 224 g/mol. The maximum Gasteiger partial charge on any atom is 0.270 e. The second-order valence-corrected chi connectivity index (χ2v) is 7.09. The summed E-state index contributed by atoms with van der Waals surface area (Å²) in [4.78, 5) is 0. The van der Waals surface area contributed by atoms with Crippen molar-refractivity contribution in [3.8, 4) is 0 Å². The SMILES string of the molecule is CCOS(=O)(=O)C1CC(C)CCC1C(C)C. The van der Waals surface area contributed by atoms with Gasteiger partial charge in [-0.05, 0) is 37.5 Å². The predicted molar refractivity (Wildman–Crippen MR) is 65.7 cm³/mol. The summed E-state index contributed by atoms with van der Waals surface area (Å²) < 4.78 is 29.0. The Labute approximate surface area is 99.7 Å². The van der Waals surface area contributed by atoms with Crippen LogP contribution in [0.4, 0.5) is 0 Å². The monoisotopic (exact) mass is 248 g/mol. The molecule has 3 nitrogen and oxygen atoms in total. The fourth-order valence-electron chi connectivity index (χ4n) is 2.70. The average Bonchev–Trinajstić information content (AvgIpc) is 2.17. The Kier molecular flexibility index (Phi) is 4.80. The first-order valence-corrected chi connectivity index (χ1v) is 7.73. The zero-order chi connectivity index (χ0) is 12.3. The first-order chi connectivity index (χ1) is 7.38. The lowest BCUT2D eigenvalue weighted by Gasteiger charge is -2.36.